The lowest BCUT2D eigenvalue weighted by Crippen LogP contribution is -2.02. The monoisotopic (exact) mass is 251 g/mol. The van der Waals surface area contributed by atoms with Crippen molar-refractivity contribution < 1.29 is 4.42 Å². The van der Waals surface area contributed by atoms with Gasteiger partial charge in [0.25, 0.3) is 6.01 Å². The summed E-state index contributed by atoms with van der Waals surface area (Å²) in [5.41, 5.74) is 8.26. The predicted octanol–water partition coefficient (Wildman–Crippen LogP) is 2.88. The summed E-state index contributed by atoms with van der Waals surface area (Å²) in [6, 6.07) is 6.07. The Hall–Kier alpha value is -1.52. The van der Waals surface area contributed by atoms with Gasteiger partial charge in [0.05, 0.1) is 5.69 Å². The molecule has 0 fully saturated rings. The summed E-state index contributed by atoms with van der Waals surface area (Å²) in [6.07, 6.45) is 2.32. The molecule has 0 spiro atoms. The molecular weight excluding hydrogens is 238 g/mol. The Morgan fingerprint density at radius 3 is 3.00 bits per heavy atom. The van der Waals surface area contributed by atoms with Crippen LogP contribution in [0.3, 0.4) is 0 Å². The van der Waals surface area contributed by atoms with E-state index in [4.69, 9.17) is 21.8 Å². The van der Waals surface area contributed by atoms with Gasteiger partial charge in [-0.3, -0.25) is 0 Å². The summed E-state index contributed by atoms with van der Waals surface area (Å²) in [5, 5.41) is 3.81. The van der Waals surface area contributed by atoms with Crippen LogP contribution in [0.4, 0.5) is 11.7 Å². The topological polar surface area (TPSA) is 64.1 Å². The van der Waals surface area contributed by atoms with Crippen LogP contribution in [0.25, 0.3) is 0 Å². The molecule has 1 aromatic carbocycles. The molecule has 0 amide bonds. The average molecular weight is 252 g/mol. The number of hydrogen-bond donors (Lipinski definition) is 2. The Morgan fingerprint density at radius 1 is 1.47 bits per heavy atom. The van der Waals surface area contributed by atoms with E-state index in [2.05, 4.69) is 10.3 Å². The van der Waals surface area contributed by atoms with Gasteiger partial charge in [-0.25, -0.2) is 0 Å². The molecule has 0 saturated carbocycles. The van der Waals surface area contributed by atoms with Crippen molar-refractivity contribution in [3.63, 3.8) is 0 Å². The normalized spacial score (nSPS) is 10.5. The molecule has 5 heteroatoms. The third kappa shape index (κ3) is 2.99. The summed E-state index contributed by atoms with van der Waals surface area (Å²) in [6.45, 7) is 2.53. The van der Waals surface area contributed by atoms with Gasteiger partial charge in [-0.15, -0.1) is 0 Å². The fourth-order valence-electron chi connectivity index (χ4n) is 1.51. The van der Waals surface area contributed by atoms with Crippen LogP contribution in [-0.2, 0) is 6.42 Å². The molecule has 0 bridgehead atoms. The number of nitrogens with zero attached hydrogens (tertiary/aromatic N) is 1. The second-order valence-electron chi connectivity index (χ2n) is 3.77. The molecule has 0 saturated heterocycles. The third-order valence-electron chi connectivity index (χ3n) is 2.38. The largest absolute Gasteiger partial charge is 0.432 e. The number of nitrogens with two attached hydrogens (primary N) is 1. The van der Waals surface area contributed by atoms with Gasteiger partial charge in [0, 0.05) is 17.1 Å². The zero-order valence-corrected chi connectivity index (χ0v) is 10.3. The van der Waals surface area contributed by atoms with Gasteiger partial charge in [-0.05, 0) is 37.2 Å². The maximum atomic E-state index is 5.88. The third-order valence-corrected chi connectivity index (χ3v) is 2.62. The van der Waals surface area contributed by atoms with E-state index in [1.54, 1.807) is 6.26 Å². The van der Waals surface area contributed by atoms with Crippen molar-refractivity contribution in [2.75, 3.05) is 11.9 Å². The zero-order valence-electron chi connectivity index (χ0n) is 9.53. The van der Waals surface area contributed by atoms with Crippen LogP contribution in [0.5, 0.6) is 0 Å². The minimum Gasteiger partial charge on any atom is -0.432 e. The van der Waals surface area contributed by atoms with Gasteiger partial charge < -0.3 is 15.5 Å². The number of aryl methyl sites for hydroxylation is 1. The van der Waals surface area contributed by atoms with Gasteiger partial charge in [0.2, 0.25) is 0 Å². The van der Waals surface area contributed by atoms with Gasteiger partial charge in [0.15, 0.2) is 0 Å². The highest BCUT2D eigenvalue weighted by Gasteiger charge is 2.05. The molecule has 3 N–H and O–H groups in total. The molecule has 0 aliphatic carbocycles. The Bertz CT molecular complexity index is 510. The lowest BCUT2D eigenvalue weighted by atomic mass is 10.2. The molecule has 1 aromatic heterocycles. The fraction of sp³-hybridized carbons (Fsp3) is 0.250. The van der Waals surface area contributed by atoms with E-state index in [-0.39, 0.29) is 0 Å². The van der Waals surface area contributed by atoms with Crippen LogP contribution >= 0.6 is 11.6 Å². The van der Waals surface area contributed by atoms with E-state index >= 15 is 0 Å². The van der Waals surface area contributed by atoms with Crippen LogP contribution in [0.2, 0.25) is 5.02 Å². The lowest BCUT2D eigenvalue weighted by molar-refractivity contribution is 0.575. The molecule has 2 aromatic rings. The molecule has 0 unspecified atom stereocenters. The molecule has 2 rings (SSSR count). The lowest BCUT2D eigenvalue weighted by Gasteiger charge is -2.05. The van der Waals surface area contributed by atoms with Crippen molar-refractivity contribution in [2.45, 2.75) is 13.3 Å². The zero-order chi connectivity index (χ0) is 12.3. The molecule has 0 aliphatic heterocycles. The molecular formula is C12H14ClN3O. The van der Waals surface area contributed by atoms with Crippen LogP contribution in [0, 0.1) is 6.92 Å². The predicted molar refractivity (Wildman–Crippen MR) is 68.7 cm³/mol. The molecule has 4 nitrogen and oxygen atoms in total. The number of anilines is 2. The standard InChI is InChI=1S/C12H14ClN3O/c1-8-6-9(13)2-3-11(8)16-12-15-10(4-5-14)7-17-12/h2-3,6-7H,4-5,14H2,1H3,(H,15,16). The summed E-state index contributed by atoms with van der Waals surface area (Å²) in [4.78, 5) is 4.27. The van der Waals surface area contributed by atoms with E-state index in [1.165, 1.54) is 0 Å². The number of rotatable bonds is 4. The van der Waals surface area contributed by atoms with E-state index < -0.39 is 0 Å². The summed E-state index contributed by atoms with van der Waals surface area (Å²) < 4.78 is 5.30. The second-order valence-corrected chi connectivity index (χ2v) is 4.20. The van der Waals surface area contributed by atoms with Crippen molar-refractivity contribution in [3.05, 3.63) is 40.7 Å². The van der Waals surface area contributed by atoms with Gasteiger partial charge >= 0.3 is 0 Å². The molecule has 17 heavy (non-hydrogen) atoms. The van der Waals surface area contributed by atoms with Crippen LogP contribution in [0.15, 0.2) is 28.9 Å². The maximum absolute atomic E-state index is 5.88. The van der Waals surface area contributed by atoms with Crippen LogP contribution < -0.4 is 11.1 Å². The van der Waals surface area contributed by atoms with Gasteiger partial charge in [0.1, 0.15) is 6.26 Å². The number of hydrogen-bond acceptors (Lipinski definition) is 4. The van der Waals surface area contributed by atoms with E-state index in [0.717, 1.165) is 16.9 Å². The highest BCUT2D eigenvalue weighted by molar-refractivity contribution is 6.30. The van der Waals surface area contributed by atoms with Crippen molar-refractivity contribution in [1.82, 2.24) is 4.98 Å². The molecule has 0 aliphatic rings. The quantitative estimate of drug-likeness (QED) is 0.877. The Balaban J connectivity index is 2.13. The van der Waals surface area contributed by atoms with Gasteiger partial charge in [-0.1, -0.05) is 11.6 Å². The maximum Gasteiger partial charge on any atom is 0.299 e. The van der Waals surface area contributed by atoms with E-state index in [1.807, 2.05) is 25.1 Å². The molecule has 90 valence electrons. The summed E-state index contributed by atoms with van der Waals surface area (Å²) in [7, 11) is 0. The first kappa shape index (κ1) is 12.0. The Morgan fingerprint density at radius 2 is 2.29 bits per heavy atom. The SMILES string of the molecule is Cc1cc(Cl)ccc1Nc1nc(CCN)co1. The molecule has 0 radical (unpaired) electrons. The highest BCUT2D eigenvalue weighted by atomic mass is 35.5. The van der Waals surface area contributed by atoms with Crippen LogP contribution in [0.1, 0.15) is 11.3 Å². The smallest absolute Gasteiger partial charge is 0.299 e. The Labute approximate surface area is 105 Å². The second kappa shape index (κ2) is 5.21. The minimum atomic E-state index is 0.471. The molecule has 1 heterocycles. The fourth-order valence-corrected chi connectivity index (χ4v) is 1.74. The Kier molecular flexibility index (Phi) is 3.66. The van der Waals surface area contributed by atoms with Crippen molar-refractivity contribution >= 4 is 23.3 Å². The summed E-state index contributed by atoms with van der Waals surface area (Å²) >= 11 is 5.88. The summed E-state index contributed by atoms with van der Waals surface area (Å²) in [5.74, 6) is 0. The average Bonchev–Trinajstić information content (AvgIpc) is 2.71. The van der Waals surface area contributed by atoms with Crippen molar-refractivity contribution in [2.24, 2.45) is 5.73 Å². The number of aromatic nitrogens is 1. The number of benzene rings is 1. The molecule has 0 atom stereocenters. The number of oxazole rings is 1. The van der Waals surface area contributed by atoms with E-state index in [0.29, 0.717) is 24.0 Å². The first-order valence-corrected chi connectivity index (χ1v) is 5.74. The first-order chi connectivity index (χ1) is 8.19. The number of nitrogens with one attached hydrogen (secondary N) is 1. The van der Waals surface area contributed by atoms with Gasteiger partial charge in [-0.2, -0.15) is 4.98 Å². The van der Waals surface area contributed by atoms with Crippen LogP contribution in [-0.4, -0.2) is 11.5 Å². The van der Waals surface area contributed by atoms with Crippen molar-refractivity contribution in [3.8, 4) is 0 Å². The number of halogens is 1. The van der Waals surface area contributed by atoms with E-state index in [9.17, 15) is 0 Å². The first-order valence-electron chi connectivity index (χ1n) is 5.36. The van der Waals surface area contributed by atoms with Crippen molar-refractivity contribution in [1.29, 1.82) is 0 Å². The minimum absolute atomic E-state index is 0.471. The highest BCUT2D eigenvalue weighted by Crippen LogP contribution is 2.23.